The molecule has 1 atom stereocenters. The van der Waals surface area contributed by atoms with Crippen LogP contribution in [0.1, 0.15) is 40.3 Å². The molecule has 1 heterocycles. The zero-order chi connectivity index (χ0) is 18.0. The number of carbonyl (C=O) groups excluding carboxylic acids is 1. The molecule has 2 aromatic carbocycles. The average Bonchev–Trinajstić information content (AvgIpc) is 2.90. The molecule has 0 spiro atoms. The van der Waals surface area contributed by atoms with Gasteiger partial charge >= 0.3 is 0 Å². The van der Waals surface area contributed by atoms with Crippen LogP contribution in [0.4, 0.5) is 4.39 Å². The monoisotopic (exact) mass is 337 g/mol. The largest absolute Gasteiger partial charge is 0.345 e. The molecule has 1 aromatic heterocycles. The first kappa shape index (κ1) is 16.9. The maximum atomic E-state index is 13.0. The van der Waals surface area contributed by atoms with E-state index in [-0.39, 0.29) is 17.8 Å². The first-order valence-corrected chi connectivity index (χ1v) is 8.15. The number of hydrogen-bond acceptors (Lipinski definition) is 2. The summed E-state index contributed by atoms with van der Waals surface area (Å²) in [6.07, 6.45) is 0. The van der Waals surface area contributed by atoms with Gasteiger partial charge in [0.05, 0.1) is 28.7 Å². The zero-order valence-corrected chi connectivity index (χ0v) is 14.5. The van der Waals surface area contributed by atoms with E-state index < -0.39 is 0 Å². The van der Waals surface area contributed by atoms with Crippen molar-refractivity contribution in [3.05, 3.63) is 82.9 Å². The quantitative estimate of drug-likeness (QED) is 0.778. The predicted molar refractivity (Wildman–Crippen MR) is 95.3 cm³/mol. The van der Waals surface area contributed by atoms with Gasteiger partial charge in [-0.1, -0.05) is 30.3 Å². The van der Waals surface area contributed by atoms with Gasteiger partial charge in [-0.05, 0) is 50.6 Å². The molecule has 1 N–H and O–H groups in total. The maximum Gasteiger partial charge on any atom is 0.255 e. The Bertz CT molecular complexity index is 885. The second-order valence-corrected chi connectivity index (χ2v) is 6.04. The standard InChI is InChI=1S/C20H20FN3O/c1-13(16-9-11-17(21)12-10-16)22-20(25)19-14(2)23-24(15(19)3)18-7-5-4-6-8-18/h4-13H,1-3H3,(H,22,25). The highest BCUT2D eigenvalue weighted by atomic mass is 19.1. The number of aryl methyl sites for hydroxylation is 1. The molecule has 0 aliphatic rings. The van der Waals surface area contributed by atoms with Gasteiger partial charge in [0, 0.05) is 0 Å². The Morgan fingerprint density at radius 2 is 1.72 bits per heavy atom. The summed E-state index contributed by atoms with van der Waals surface area (Å²) in [4.78, 5) is 12.7. The number of nitrogens with zero attached hydrogens (tertiary/aromatic N) is 2. The summed E-state index contributed by atoms with van der Waals surface area (Å²) in [6, 6.07) is 15.6. The van der Waals surface area contributed by atoms with Gasteiger partial charge in [-0.3, -0.25) is 4.79 Å². The first-order valence-electron chi connectivity index (χ1n) is 8.15. The highest BCUT2D eigenvalue weighted by Gasteiger charge is 2.21. The fourth-order valence-electron chi connectivity index (χ4n) is 2.90. The van der Waals surface area contributed by atoms with Crippen molar-refractivity contribution in [1.29, 1.82) is 0 Å². The lowest BCUT2D eigenvalue weighted by molar-refractivity contribution is 0.0938. The number of para-hydroxylation sites is 1. The Balaban J connectivity index is 1.85. The molecule has 1 amide bonds. The van der Waals surface area contributed by atoms with Crippen molar-refractivity contribution in [2.75, 3.05) is 0 Å². The molecular formula is C20H20FN3O. The molecule has 25 heavy (non-hydrogen) atoms. The number of amides is 1. The van der Waals surface area contributed by atoms with Crippen LogP contribution in [0.15, 0.2) is 54.6 Å². The molecule has 3 rings (SSSR count). The normalized spacial score (nSPS) is 12.0. The number of carbonyl (C=O) groups is 1. The molecule has 5 heteroatoms. The molecule has 1 unspecified atom stereocenters. The van der Waals surface area contributed by atoms with Crippen molar-refractivity contribution in [2.24, 2.45) is 0 Å². The summed E-state index contributed by atoms with van der Waals surface area (Å²) in [6.45, 7) is 5.58. The fourth-order valence-corrected chi connectivity index (χ4v) is 2.90. The summed E-state index contributed by atoms with van der Waals surface area (Å²) in [5.74, 6) is -0.480. The number of hydrogen-bond donors (Lipinski definition) is 1. The van der Waals surface area contributed by atoms with Crippen LogP contribution >= 0.6 is 0 Å². The van der Waals surface area contributed by atoms with Crippen LogP contribution in [-0.2, 0) is 0 Å². The van der Waals surface area contributed by atoms with Crippen molar-refractivity contribution >= 4 is 5.91 Å². The number of nitrogens with one attached hydrogen (secondary N) is 1. The minimum atomic E-state index is -0.293. The zero-order valence-electron chi connectivity index (χ0n) is 14.5. The van der Waals surface area contributed by atoms with E-state index in [1.54, 1.807) is 16.8 Å². The number of halogens is 1. The Kier molecular flexibility index (Phi) is 4.65. The summed E-state index contributed by atoms with van der Waals surface area (Å²) in [5, 5.41) is 7.46. The Labute approximate surface area is 146 Å². The molecule has 0 radical (unpaired) electrons. The molecule has 0 aliphatic carbocycles. The Morgan fingerprint density at radius 3 is 2.36 bits per heavy atom. The van der Waals surface area contributed by atoms with E-state index >= 15 is 0 Å². The molecule has 0 bridgehead atoms. The van der Waals surface area contributed by atoms with E-state index in [4.69, 9.17) is 0 Å². The molecule has 0 saturated carbocycles. The van der Waals surface area contributed by atoms with Crippen LogP contribution in [0, 0.1) is 19.7 Å². The van der Waals surface area contributed by atoms with Gasteiger partial charge in [-0.15, -0.1) is 0 Å². The molecule has 4 nitrogen and oxygen atoms in total. The average molecular weight is 337 g/mol. The smallest absolute Gasteiger partial charge is 0.255 e. The molecule has 128 valence electrons. The van der Waals surface area contributed by atoms with Gasteiger partial charge < -0.3 is 5.32 Å². The van der Waals surface area contributed by atoms with Gasteiger partial charge in [-0.25, -0.2) is 9.07 Å². The Morgan fingerprint density at radius 1 is 1.08 bits per heavy atom. The lowest BCUT2D eigenvalue weighted by atomic mass is 10.1. The van der Waals surface area contributed by atoms with Crippen molar-refractivity contribution < 1.29 is 9.18 Å². The van der Waals surface area contributed by atoms with Crippen LogP contribution in [-0.4, -0.2) is 15.7 Å². The fraction of sp³-hybridized carbons (Fsp3) is 0.200. The second-order valence-electron chi connectivity index (χ2n) is 6.04. The predicted octanol–water partition coefficient (Wildman–Crippen LogP) is 4.12. The van der Waals surface area contributed by atoms with Gasteiger partial charge in [0.25, 0.3) is 5.91 Å². The lowest BCUT2D eigenvalue weighted by Crippen LogP contribution is -2.27. The lowest BCUT2D eigenvalue weighted by Gasteiger charge is -2.14. The van der Waals surface area contributed by atoms with E-state index in [1.165, 1.54) is 12.1 Å². The minimum Gasteiger partial charge on any atom is -0.345 e. The third kappa shape index (κ3) is 3.45. The van der Waals surface area contributed by atoms with E-state index in [1.807, 2.05) is 51.1 Å². The van der Waals surface area contributed by atoms with Crippen LogP contribution in [0.25, 0.3) is 5.69 Å². The van der Waals surface area contributed by atoms with E-state index in [9.17, 15) is 9.18 Å². The molecule has 3 aromatic rings. The van der Waals surface area contributed by atoms with Crippen LogP contribution < -0.4 is 5.32 Å². The molecular weight excluding hydrogens is 317 g/mol. The van der Waals surface area contributed by atoms with Gasteiger partial charge in [0.2, 0.25) is 0 Å². The highest BCUT2D eigenvalue weighted by molar-refractivity contribution is 5.96. The highest BCUT2D eigenvalue weighted by Crippen LogP contribution is 2.20. The van der Waals surface area contributed by atoms with Gasteiger partial charge in [0.15, 0.2) is 0 Å². The number of benzene rings is 2. The van der Waals surface area contributed by atoms with Crippen molar-refractivity contribution in [1.82, 2.24) is 15.1 Å². The van der Waals surface area contributed by atoms with Crippen LogP contribution in [0.2, 0.25) is 0 Å². The topological polar surface area (TPSA) is 46.9 Å². The summed E-state index contributed by atoms with van der Waals surface area (Å²) < 4.78 is 14.8. The number of aromatic nitrogens is 2. The van der Waals surface area contributed by atoms with E-state index in [0.29, 0.717) is 11.3 Å². The van der Waals surface area contributed by atoms with E-state index in [0.717, 1.165) is 16.9 Å². The van der Waals surface area contributed by atoms with Gasteiger partial charge in [0.1, 0.15) is 5.82 Å². The van der Waals surface area contributed by atoms with E-state index in [2.05, 4.69) is 10.4 Å². The first-order chi connectivity index (χ1) is 12.0. The summed E-state index contributed by atoms with van der Waals surface area (Å²) in [7, 11) is 0. The Hall–Kier alpha value is -2.95. The van der Waals surface area contributed by atoms with Crippen molar-refractivity contribution in [3.63, 3.8) is 0 Å². The van der Waals surface area contributed by atoms with Crippen LogP contribution in [0.3, 0.4) is 0 Å². The van der Waals surface area contributed by atoms with Crippen LogP contribution in [0.5, 0.6) is 0 Å². The molecule has 0 fully saturated rings. The van der Waals surface area contributed by atoms with Crippen molar-refractivity contribution in [2.45, 2.75) is 26.8 Å². The molecule has 0 aliphatic heterocycles. The third-order valence-corrected chi connectivity index (χ3v) is 4.24. The SMILES string of the molecule is Cc1nn(-c2ccccc2)c(C)c1C(=O)NC(C)c1ccc(F)cc1. The summed E-state index contributed by atoms with van der Waals surface area (Å²) in [5.41, 5.74) is 3.78. The minimum absolute atomic E-state index is 0.186. The summed E-state index contributed by atoms with van der Waals surface area (Å²) >= 11 is 0. The number of rotatable bonds is 4. The molecule has 0 saturated heterocycles. The van der Waals surface area contributed by atoms with Gasteiger partial charge in [-0.2, -0.15) is 5.10 Å². The van der Waals surface area contributed by atoms with Crippen molar-refractivity contribution in [3.8, 4) is 5.69 Å². The third-order valence-electron chi connectivity index (χ3n) is 4.24. The second kappa shape index (κ2) is 6.89. The maximum absolute atomic E-state index is 13.0.